The molecule has 35 heavy (non-hydrogen) atoms. The van der Waals surface area contributed by atoms with Gasteiger partial charge >= 0.3 is 0 Å². The number of carbonyl (C=O) groups is 2. The number of hydrogen-bond donors (Lipinski definition) is 3. The zero-order valence-electron chi connectivity index (χ0n) is 20.3. The van der Waals surface area contributed by atoms with Crippen molar-refractivity contribution in [3.05, 3.63) is 71.4 Å². The number of fused-ring (bicyclic) bond motifs is 1. The Morgan fingerprint density at radius 3 is 2.63 bits per heavy atom. The van der Waals surface area contributed by atoms with Crippen LogP contribution in [-0.4, -0.2) is 39.5 Å². The van der Waals surface area contributed by atoms with Gasteiger partial charge in [0.15, 0.2) is 0 Å². The summed E-state index contributed by atoms with van der Waals surface area (Å²) in [4.78, 5) is 31.6. The third-order valence-electron chi connectivity index (χ3n) is 6.57. The number of likely N-dealkylation sites (tertiary alicyclic amines) is 1. The number of ether oxygens (including phenoxy) is 1. The molecule has 2 aromatic carbocycles. The van der Waals surface area contributed by atoms with E-state index in [9.17, 15) is 9.59 Å². The predicted molar refractivity (Wildman–Crippen MR) is 133 cm³/mol. The minimum absolute atomic E-state index is 0.163. The number of para-hydroxylation sites is 1. The fourth-order valence-electron chi connectivity index (χ4n) is 4.75. The van der Waals surface area contributed by atoms with Crippen molar-refractivity contribution in [3.63, 3.8) is 0 Å². The number of amides is 2. The number of aryl methyl sites for hydroxylation is 1. The molecule has 1 fully saturated rings. The summed E-state index contributed by atoms with van der Waals surface area (Å²) in [5.74, 6) is -0.0933. The maximum absolute atomic E-state index is 13.3. The van der Waals surface area contributed by atoms with Crippen LogP contribution < -0.4 is 16.0 Å². The summed E-state index contributed by atoms with van der Waals surface area (Å²) < 4.78 is 6.04. The van der Waals surface area contributed by atoms with Crippen molar-refractivity contribution in [2.45, 2.75) is 51.8 Å². The van der Waals surface area contributed by atoms with E-state index in [4.69, 9.17) is 15.7 Å². The average Bonchev–Trinajstić information content (AvgIpc) is 3.15. The van der Waals surface area contributed by atoms with Crippen LogP contribution in [0.1, 0.15) is 43.5 Å². The van der Waals surface area contributed by atoms with E-state index in [2.05, 4.69) is 4.98 Å². The van der Waals surface area contributed by atoms with Crippen LogP contribution in [0.15, 0.2) is 54.6 Å². The first-order valence-electron chi connectivity index (χ1n) is 11.9. The van der Waals surface area contributed by atoms with E-state index in [1.54, 1.807) is 17.6 Å². The van der Waals surface area contributed by atoms with Gasteiger partial charge in [-0.15, -0.1) is 0 Å². The Morgan fingerprint density at radius 1 is 1.23 bits per heavy atom. The van der Waals surface area contributed by atoms with Crippen LogP contribution in [0.4, 0.5) is 0 Å². The Labute approximate surface area is 205 Å². The number of nitrogens with zero attached hydrogens (tertiary/aromatic N) is 2. The maximum atomic E-state index is 13.3. The van der Waals surface area contributed by atoms with Gasteiger partial charge in [-0.25, -0.2) is 5.48 Å². The summed E-state index contributed by atoms with van der Waals surface area (Å²) in [5, 5.41) is 10.2. The second-order valence-corrected chi connectivity index (χ2v) is 9.59. The van der Waals surface area contributed by atoms with Gasteiger partial charge in [0.2, 0.25) is 5.91 Å². The molecule has 1 aliphatic rings. The molecule has 8 heteroatoms. The summed E-state index contributed by atoms with van der Waals surface area (Å²) >= 11 is 0. The molecule has 2 heterocycles. The summed E-state index contributed by atoms with van der Waals surface area (Å²) in [7, 11) is 0. The van der Waals surface area contributed by atoms with Crippen LogP contribution >= 0.6 is 0 Å². The average molecular weight is 477 g/mol. The second-order valence-electron chi connectivity index (χ2n) is 9.59. The van der Waals surface area contributed by atoms with Crippen LogP contribution in [0.3, 0.4) is 0 Å². The lowest BCUT2D eigenvalue weighted by atomic mass is 9.89. The first-order chi connectivity index (χ1) is 16.7. The SMILES string of the molecule is Cc1cc(COc2ccc([C@]3(N)CCN([C@H](CC(C)C)C(=O)NO)C3=O)cc2)c2ccccc2n1. The van der Waals surface area contributed by atoms with Gasteiger partial charge < -0.3 is 15.4 Å². The van der Waals surface area contributed by atoms with Crippen LogP contribution in [-0.2, 0) is 21.7 Å². The molecule has 0 saturated carbocycles. The smallest absolute Gasteiger partial charge is 0.266 e. The topological polar surface area (TPSA) is 118 Å². The van der Waals surface area contributed by atoms with Gasteiger partial charge in [0.25, 0.3) is 5.91 Å². The molecule has 0 bridgehead atoms. The van der Waals surface area contributed by atoms with Gasteiger partial charge in [-0.05, 0) is 55.5 Å². The molecule has 4 rings (SSSR count). The fraction of sp³-hybridized carbons (Fsp3) is 0.370. The van der Waals surface area contributed by atoms with E-state index in [-0.39, 0.29) is 11.8 Å². The number of rotatable bonds is 8. The largest absolute Gasteiger partial charge is 0.489 e. The molecule has 0 radical (unpaired) electrons. The Bertz CT molecular complexity index is 1230. The molecular formula is C27H32N4O4. The van der Waals surface area contributed by atoms with Gasteiger partial charge in [0.1, 0.15) is 23.9 Å². The molecule has 4 N–H and O–H groups in total. The highest BCUT2D eigenvalue weighted by Crippen LogP contribution is 2.34. The third-order valence-corrected chi connectivity index (χ3v) is 6.57. The highest BCUT2D eigenvalue weighted by molar-refractivity contribution is 5.94. The van der Waals surface area contributed by atoms with Crippen molar-refractivity contribution in [1.29, 1.82) is 0 Å². The van der Waals surface area contributed by atoms with E-state index >= 15 is 0 Å². The Morgan fingerprint density at radius 2 is 1.94 bits per heavy atom. The number of hydroxylamine groups is 1. The lowest BCUT2D eigenvalue weighted by Gasteiger charge is -2.30. The predicted octanol–water partition coefficient (Wildman–Crippen LogP) is 3.43. The van der Waals surface area contributed by atoms with Gasteiger partial charge in [-0.3, -0.25) is 19.8 Å². The zero-order valence-corrected chi connectivity index (χ0v) is 20.3. The minimum Gasteiger partial charge on any atom is -0.489 e. The number of pyridine rings is 1. The standard InChI is InChI=1S/C27H32N4O4/c1-17(2)14-24(25(32)30-34)31-13-12-27(28,26(31)33)20-8-10-21(11-9-20)35-16-19-15-18(3)29-23-7-5-4-6-22(19)23/h4-11,15,17,24,34H,12-14,16,28H2,1-3H3,(H,30,32)/t24-,27-/m1/s1. The Kier molecular flexibility index (Phi) is 7.05. The molecule has 1 saturated heterocycles. The number of benzene rings is 2. The van der Waals surface area contributed by atoms with Gasteiger partial charge in [-0.2, -0.15) is 0 Å². The van der Waals surface area contributed by atoms with Gasteiger partial charge in [0, 0.05) is 23.2 Å². The highest BCUT2D eigenvalue weighted by atomic mass is 16.5. The highest BCUT2D eigenvalue weighted by Gasteiger charge is 2.48. The lowest BCUT2D eigenvalue weighted by Crippen LogP contribution is -2.52. The van der Waals surface area contributed by atoms with E-state index in [1.807, 2.05) is 63.2 Å². The zero-order chi connectivity index (χ0) is 25.2. The molecule has 1 aromatic heterocycles. The molecule has 3 aromatic rings. The summed E-state index contributed by atoms with van der Waals surface area (Å²) in [6.07, 6.45) is 0.811. The quantitative estimate of drug-likeness (QED) is 0.339. The first-order valence-corrected chi connectivity index (χ1v) is 11.9. The molecule has 184 valence electrons. The van der Waals surface area contributed by atoms with Crippen LogP contribution in [0, 0.1) is 12.8 Å². The number of carbonyl (C=O) groups excluding carboxylic acids is 2. The van der Waals surface area contributed by atoms with Gasteiger partial charge in [0.05, 0.1) is 5.52 Å². The number of hydrogen-bond acceptors (Lipinski definition) is 6. The van der Waals surface area contributed by atoms with Crippen molar-refractivity contribution in [1.82, 2.24) is 15.4 Å². The van der Waals surface area contributed by atoms with Crippen LogP contribution in [0.5, 0.6) is 5.75 Å². The van der Waals surface area contributed by atoms with Crippen molar-refractivity contribution in [3.8, 4) is 5.75 Å². The maximum Gasteiger partial charge on any atom is 0.266 e. The molecule has 8 nitrogen and oxygen atoms in total. The van der Waals surface area contributed by atoms with E-state index in [1.165, 1.54) is 4.90 Å². The molecule has 0 unspecified atom stereocenters. The van der Waals surface area contributed by atoms with Crippen molar-refractivity contribution in [2.75, 3.05) is 6.54 Å². The molecule has 0 spiro atoms. The van der Waals surface area contributed by atoms with E-state index in [0.717, 1.165) is 22.2 Å². The molecule has 2 atom stereocenters. The van der Waals surface area contributed by atoms with Crippen molar-refractivity contribution in [2.24, 2.45) is 11.7 Å². The normalized spacial score (nSPS) is 18.8. The fourth-order valence-corrected chi connectivity index (χ4v) is 4.75. The molecule has 1 aliphatic heterocycles. The Balaban J connectivity index is 1.49. The number of nitrogens with two attached hydrogens (primary N) is 1. The summed E-state index contributed by atoms with van der Waals surface area (Å²) in [5.41, 5.74) is 10.6. The number of aromatic nitrogens is 1. The minimum atomic E-state index is -1.23. The lowest BCUT2D eigenvalue weighted by molar-refractivity contribution is -0.144. The molecule has 0 aliphatic carbocycles. The summed E-state index contributed by atoms with van der Waals surface area (Å²) in [6, 6.07) is 16.4. The van der Waals surface area contributed by atoms with Crippen LogP contribution in [0.25, 0.3) is 10.9 Å². The van der Waals surface area contributed by atoms with E-state index < -0.39 is 17.5 Å². The van der Waals surface area contributed by atoms with Gasteiger partial charge in [-0.1, -0.05) is 44.2 Å². The second kappa shape index (κ2) is 10.0. The number of nitrogens with one attached hydrogen (secondary N) is 1. The van der Waals surface area contributed by atoms with Crippen molar-refractivity contribution >= 4 is 22.7 Å². The van der Waals surface area contributed by atoms with E-state index in [0.29, 0.717) is 37.3 Å². The monoisotopic (exact) mass is 476 g/mol. The third kappa shape index (κ3) is 4.99. The summed E-state index contributed by atoms with van der Waals surface area (Å²) in [6.45, 7) is 6.61. The van der Waals surface area contributed by atoms with Crippen molar-refractivity contribution < 1.29 is 19.5 Å². The molecule has 2 amide bonds. The first kappa shape index (κ1) is 24.6. The molecular weight excluding hydrogens is 444 g/mol. The Hall–Kier alpha value is -3.49. The van der Waals surface area contributed by atoms with Crippen LogP contribution in [0.2, 0.25) is 0 Å².